The maximum absolute atomic E-state index is 5.89. The summed E-state index contributed by atoms with van der Waals surface area (Å²) < 4.78 is 6.30. The van der Waals surface area contributed by atoms with Gasteiger partial charge in [0.15, 0.2) is 0 Å². The van der Waals surface area contributed by atoms with Crippen molar-refractivity contribution in [3.05, 3.63) is 28.2 Å². The van der Waals surface area contributed by atoms with Gasteiger partial charge in [-0.3, -0.25) is 0 Å². The van der Waals surface area contributed by atoms with Crippen LogP contribution >= 0.6 is 15.9 Å². The van der Waals surface area contributed by atoms with Gasteiger partial charge in [0.25, 0.3) is 0 Å². The second-order valence-electron chi connectivity index (χ2n) is 4.18. The van der Waals surface area contributed by atoms with Gasteiger partial charge in [0.05, 0.1) is 7.11 Å². The molecule has 0 spiro atoms. The topological polar surface area (TPSA) is 35.2 Å². The first-order valence-electron chi connectivity index (χ1n) is 5.26. The molecule has 1 aromatic carbocycles. The van der Waals surface area contributed by atoms with E-state index >= 15 is 0 Å². The number of nitrogens with two attached hydrogens (primary N) is 1. The van der Waals surface area contributed by atoms with Crippen LogP contribution in [0.1, 0.15) is 24.8 Å². The zero-order valence-corrected chi connectivity index (χ0v) is 10.5. The predicted octanol–water partition coefficient (Wildman–Crippen LogP) is 2.84. The standard InChI is InChI=1S/C12H16BrNO/c1-15-9-3-4-10(11(13)7-9)12(8-14)5-2-6-12/h3-4,7H,2,5-6,8,14H2,1H3. The molecule has 0 aromatic heterocycles. The first-order chi connectivity index (χ1) is 7.22. The van der Waals surface area contributed by atoms with Crippen LogP contribution in [0.15, 0.2) is 22.7 Å². The number of ether oxygens (including phenoxy) is 1. The molecule has 0 amide bonds. The Bertz CT molecular complexity index is 355. The Labute approximate surface area is 98.9 Å². The molecule has 1 aliphatic carbocycles. The summed E-state index contributed by atoms with van der Waals surface area (Å²) in [7, 11) is 1.68. The number of halogens is 1. The van der Waals surface area contributed by atoms with Crippen LogP contribution < -0.4 is 10.5 Å². The summed E-state index contributed by atoms with van der Waals surface area (Å²) in [5.74, 6) is 0.886. The van der Waals surface area contributed by atoms with Crippen molar-refractivity contribution in [3.8, 4) is 5.75 Å². The van der Waals surface area contributed by atoms with Gasteiger partial charge in [-0.1, -0.05) is 28.4 Å². The fraction of sp³-hybridized carbons (Fsp3) is 0.500. The van der Waals surface area contributed by atoms with Gasteiger partial charge in [-0.15, -0.1) is 0 Å². The largest absolute Gasteiger partial charge is 0.497 e. The lowest BCUT2D eigenvalue weighted by molar-refractivity contribution is 0.251. The lowest BCUT2D eigenvalue weighted by Gasteiger charge is -2.42. The molecule has 2 nitrogen and oxygen atoms in total. The zero-order chi connectivity index (χ0) is 10.9. The van der Waals surface area contributed by atoms with Crippen LogP contribution in [0.2, 0.25) is 0 Å². The molecule has 0 atom stereocenters. The number of rotatable bonds is 3. The highest BCUT2D eigenvalue weighted by Crippen LogP contribution is 2.46. The minimum absolute atomic E-state index is 0.213. The lowest BCUT2D eigenvalue weighted by atomic mass is 9.64. The van der Waals surface area contributed by atoms with E-state index in [2.05, 4.69) is 22.0 Å². The Kier molecular flexibility index (Phi) is 3.03. The Morgan fingerprint density at radius 3 is 2.60 bits per heavy atom. The third-order valence-electron chi connectivity index (χ3n) is 3.45. The first kappa shape index (κ1) is 11.0. The van der Waals surface area contributed by atoms with Crippen molar-refractivity contribution in [2.45, 2.75) is 24.7 Å². The molecule has 1 fully saturated rings. The maximum atomic E-state index is 5.89. The minimum atomic E-state index is 0.213. The quantitative estimate of drug-likeness (QED) is 0.916. The summed E-state index contributed by atoms with van der Waals surface area (Å²) in [6, 6.07) is 6.16. The van der Waals surface area contributed by atoms with Crippen molar-refractivity contribution in [3.63, 3.8) is 0 Å². The van der Waals surface area contributed by atoms with E-state index in [-0.39, 0.29) is 5.41 Å². The highest BCUT2D eigenvalue weighted by atomic mass is 79.9. The zero-order valence-electron chi connectivity index (χ0n) is 8.92. The monoisotopic (exact) mass is 269 g/mol. The van der Waals surface area contributed by atoms with Crippen LogP contribution in [-0.2, 0) is 5.41 Å². The average molecular weight is 270 g/mol. The predicted molar refractivity (Wildman–Crippen MR) is 65.3 cm³/mol. The van der Waals surface area contributed by atoms with Crippen molar-refractivity contribution < 1.29 is 4.74 Å². The smallest absolute Gasteiger partial charge is 0.120 e. The summed E-state index contributed by atoms with van der Waals surface area (Å²) in [5.41, 5.74) is 7.43. The van der Waals surface area contributed by atoms with E-state index in [1.165, 1.54) is 24.8 Å². The Morgan fingerprint density at radius 1 is 1.47 bits per heavy atom. The van der Waals surface area contributed by atoms with Crippen LogP contribution in [0.5, 0.6) is 5.75 Å². The van der Waals surface area contributed by atoms with Gasteiger partial charge < -0.3 is 10.5 Å². The molecule has 0 saturated heterocycles. The van der Waals surface area contributed by atoms with Crippen LogP contribution in [0.4, 0.5) is 0 Å². The number of methoxy groups -OCH3 is 1. The van der Waals surface area contributed by atoms with Crippen molar-refractivity contribution >= 4 is 15.9 Å². The van der Waals surface area contributed by atoms with Crippen LogP contribution in [-0.4, -0.2) is 13.7 Å². The number of hydrogen-bond acceptors (Lipinski definition) is 2. The molecule has 82 valence electrons. The van der Waals surface area contributed by atoms with Gasteiger partial charge >= 0.3 is 0 Å². The summed E-state index contributed by atoms with van der Waals surface area (Å²) >= 11 is 3.60. The normalized spacial score (nSPS) is 18.3. The second kappa shape index (κ2) is 4.14. The van der Waals surface area contributed by atoms with Crippen molar-refractivity contribution in [1.29, 1.82) is 0 Å². The second-order valence-corrected chi connectivity index (χ2v) is 5.04. The van der Waals surface area contributed by atoms with E-state index in [0.29, 0.717) is 0 Å². The number of hydrogen-bond donors (Lipinski definition) is 1. The van der Waals surface area contributed by atoms with Crippen molar-refractivity contribution in [2.24, 2.45) is 5.73 Å². The molecular weight excluding hydrogens is 254 g/mol. The van der Waals surface area contributed by atoms with Crippen molar-refractivity contribution in [1.82, 2.24) is 0 Å². The molecule has 15 heavy (non-hydrogen) atoms. The average Bonchev–Trinajstić information content (AvgIpc) is 2.19. The van der Waals surface area contributed by atoms with Crippen molar-refractivity contribution in [2.75, 3.05) is 13.7 Å². The molecule has 1 aliphatic rings. The van der Waals surface area contributed by atoms with Gasteiger partial charge in [0.2, 0.25) is 0 Å². The molecule has 0 unspecified atom stereocenters. The van der Waals surface area contributed by atoms with Gasteiger partial charge in [0.1, 0.15) is 5.75 Å². The van der Waals surface area contributed by atoms with Crippen LogP contribution in [0.3, 0.4) is 0 Å². The molecule has 0 heterocycles. The van der Waals surface area contributed by atoms with Crippen LogP contribution in [0, 0.1) is 0 Å². The molecule has 0 aliphatic heterocycles. The fourth-order valence-electron chi connectivity index (χ4n) is 2.24. The molecule has 2 N–H and O–H groups in total. The fourth-order valence-corrected chi connectivity index (χ4v) is 3.02. The summed E-state index contributed by atoms with van der Waals surface area (Å²) in [4.78, 5) is 0. The lowest BCUT2D eigenvalue weighted by Crippen LogP contribution is -2.41. The molecule has 0 bridgehead atoms. The van der Waals surface area contributed by atoms with E-state index in [9.17, 15) is 0 Å². The summed E-state index contributed by atoms with van der Waals surface area (Å²) in [6.07, 6.45) is 3.69. The minimum Gasteiger partial charge on any atom is -0.497 e. The summed E-state index contributed by atoms with van der Waals surface area (Å²) in [5, 5.41) is 0. The van der Waals surface area contributed by atoms with Gasteiger partial charge in [0, 0.05) is 16.4 Å². The Morgan fingerprint density at radius 2 is 2.20 bits per heavy atom. The van der Waals surface area contributed by atoms with E-state index in [1.807, 2.05) is 12.1 Å². The van der Waals surface area contributed by atoms with Gasteiger partial charge in [-0.25, -0.2) is 0 Å². The molecular formula is C12H16BrNO. The molecule has 3 heteroatoms. The Balaban J connectivity index is 2.36. The van der Waals surface area contributed by atoms with E-state index in [1.54, 1.807) is 7.11 Å². The SMILES string of the molecule is COc1ccc(C2(CN)CCC2)c(Br)c1. The van der Waals surface area contributed by atoms with Gasteiger partial charge in [-0.2, -0.15) is 0 Å². The number of benzene rings is 1. The highest BCUT2D eigenvalue weighted by molar-refractivity contribution is 9.10. The third-order valence-corrected chi connectivity index (χ3v) is 4.11. The van der Waals surface area contributed by atoms with Gasteiger partial charge in [-0.05, 0) is 30.5 Å². The van der Waals surface area contributed by atoms with E-state index < -0.39 is 0 Å². The van der Waals surface area contributed by atoms with Crippen LogP contribution in [0.25, 0.3) is 0 Å². The Hall–Kier alpha value is -0.540. The summed E-state index contributed by atoms with van der Waals surface area (Å²) in [6.45, 7) is 0.734. The molecule has 2 rings (SSSR count). The van der Waals surface area contributed by atoms with E-state index in [0.717, 1.165) is 16.8 Å². The molecule has 0 radical (unpaired) electrons. The third kappa shape index (κ3) is 1.79. The molecule has 1 saturated carbocycles. The highest BCUT2D eigenvalue weighted by Gasteiger charge is 2.38. The first-order valence-corrected chi connectivity index (χ1v) is 6.05. The van der Waals surface area contributed by atoms with E-state index in [4.69, 9.17) is 10.5 Å². The molecule has 1 aromatic rings. The maximum Gasteiger partial charge on any atom is 0.120 e.